The number of aliphatic imine (C=N–C) groups is 1. The summed E-state index contributed by atoms with van der Waals surface area (Å²) in [5, 5.41) is 7.82. The molecule has 2 heterocycles. The summed E-state index contributed by atoms with van der Waals surface area (Å²) in [6.07, 6.45) is 3.91. The Labute approximate surface area is 192 Å². The monoisotopic (exact) mass is 561 g/mol. The maximum absolute atomic E-state index is 5.95. The number of hydrogen-bond donors (Lipinski definition) is 1. The summed E-state index contributed by atoms with van der Waals surface area (Å²) in [6, 6.07) is 8.48. The maximum atomic E-state index is 5.95. The summed E-state index contributed by atoms with van der Waals surface area (Å²) in [5.74, 6) is 0.912. The van der Waals surface area contributed by atoms with Crippen LogP contribution in [0.2, 0.25) is 0 Å². The van der Waals surface area contributed by atoms with Crippen molar-refractivity contribution in [2.75, 3.05) is 33.3 Å². The number of aryl methyl sites for hydroxylation is 1. The van der Waals surface area contributed by atoms with E-state index < -0.39 is 0 Å². The highest BCUT2D eigenvalue weighted by Crippen LogP contribution is 2.26. The zero-order valence-electron chi connectivity index (χ0n) is 16.9. The van der Waals surface area contributed by atoms with Gasteiger partial charge in [0, 0.05) is 48.8 Å². The summed E-state index contributed by atoms with van der Waals surface area (Å²) in [4.78, 5) is 6.77. The molecule has 0 bridgehead atoms. The lowest BCUT2D eigenvalue weighted by molar-refractivity contribution is -0.00808. The Morgan fingerprint density at radius 3 is 2.86 bits per heavy atom. The molecule has 0 amide bonds. The molecule has 1 unspecified atom stereocenters. The maximum Gasteiger partial charge on any atom is 0.193 e. The van der Waals surface area contributed by atoms with Crippen molar-refractivity contribution in [1.29, 1.82) is 0 Å². The van der Waals surface area contributed by atoms with Gasteiger partial charge in [-0.3, -0.25) is 9.67 Å². The number of benzene rings is 1. The van der Waals surface area contributed by atoms with Gasteiger partial charge in [0.2, 0.25) is 0 Å². The molecule has 0 radical (unpaired) electrons. The van der Waals surface area contributed by atoms with Crippen molar-refractivity contribution >= 4 is 45.9 Å². The van der Waals surface area contributed by atoms with Crippen LogP contribution in [0.4, 0.5) is 0 Å². The third kappa shape index (κ3) is 5.70. The van der Waals surface area contributed by atoms with Crippen molar-refractivity contribution in [3.8, 4) is 0 Å². The van der Waals surface area contributed by atoms with E-state index in [2.05, 4.69) is 74.4 Å². The van der Waals surface area contributed by atoms with Crippen LogP contribution >= 0.6 is 39.9 Å². The molecule has 1 aliphatic rings. The van der Waals surface area contributed by atoms with Gasteiger partial charge in [0.15, 0.2) is 5.96 Å². The smallest absolute Gasteiger partial charge is 0.193 e. The highest BCUT2D eigenvalue weighted by molar-refractivity contribution is 14.0. The lowest BCUT2D eigenvalue weighted by Gasteiger charge is -2.36. The number of nitrogens with one attached hydrogen (secondary N) is 1. The van der Waals surface area contributed by atoms with Gasteiger partial charge in [-0.25, -0.2) is 0 Å². The van der Waals surface area contributed by atoms with Crippen LogP contribution in [0.5, 0.6) is 0 Å². The Kier molecular flexibility index (Phi) is 8.32. The summed E-state index contributed by atoms with van der Waals surface area (Å²) in [6.45, 7) is 7.55. The minimum atomic E-state index is -0.0191. The molecule has 0 aliphatic carbocycles. The van der Waals surface area contributed by atoms with Crippen LogP contribution < -0.4 is 5.32 Å². The molecule has 1 aromatic carbocycles. The molecule has 154 valence electrons. The topological polar surface area (TPSA) is 54.7 Å². The molecule has 0 spiro atoms. The van der Waals surface area contributed by atoms with Crippen LogP contribution in [-0.2, 0) is 17.2 Å². The van der Waals surface area contributed by atoms with Gasteiger partial charge in [0.25, 0.3) is 0 Å². The second-order valence-corrected chi connectivity index (χ2v) is 8.46. The van der Waals surface area contributed by atoms with Gasteiger partial charge in [-0.1, -0.05) is 41.9 Å². The number of guanidine groups is 1. The Bertz CT molecular complexity index is 807. The first-order chi connectivity index (χ1) is 12.9. The molecule has 2 aromatic rings. The van der Waals surface area contributed by atoms with Gasteiger partial charge in [-0.05, 0) is 17.7 Å². The van der Waals surface area contributed by atoms with E-state index in [1.165, 1.54) is 5.56 Å². The van der Waals surface area contributed by atoms with E-state index in [1.54, 1.807) is 0 Å². The number of nitrogens with zero attached hydrogens (tertiary/aromatic N) is 4. The molecule has 1 aromatic heterocycles. The predicted molar refractivity (Wildman–Crippen MR) is 127 cm³/mol. The van der Waals surface area contributed by atoms with Crippen molar-refractivity contribution in [3.63, 3.8) is 0 Å². The minimum Gasteiger partial charge on any atom is -0.370 e. The zero-order valence-corrected chi connectivity index (χ0v) is 20.8. The zero-order chi connectivity index (χ0) is 19.4. The quantitative estimate of drug-likeness (QED) is 0.351. The van der Waals surface area contributed by atoms with Crippen molar-refractivity contribution in [1.82, 2.24) is 20.0 Å². The summed E-state index contributed by atoms with van der Waals surface area (Å²) >= 11 is 3.57. The molecule has 1 N–H and O–H groups in total. The largest absolute Gasteiger partial charge is 0.370 e. The van der Waals surface area contributed by atoms with Gasteiger partial charge in [0.05, 0.1) is 19.3 Å². The van der Waals surface area contributed by atoms with E-state index in [4.69, 9.17) is 4.74 Å². The highest BCUT2D eigenvalue weighted by atomic mass is 127. The van der Waals surface area contributed by atoms with E-state index in [0.717, 1.165) is 35.6 Å². The summed E-state index contributed by atoms with van der Waals surface area (Å²) in [7, 11) is 3.76. The lowest BCUT2D eigenvalue weighted by atomic mass is 9.85. The molecule has 0 saturated carbocycles. The fourth-order valence-electron chi connectivity index (χ4n) is 3.29. The standard InChI is InChI=1S/C20H28BrN5O.HI/c1-20(2,16-6-5-7-17(21)10-16)14-23-19(22-3)26-8-9-27-18(13-26)15-11-24-25(4)12-15;/h5-7,10-12,18H,8-9,13-14H2,1-4H3,(H,22,23);1H. The van der Waals surface area contributed by atoms with Crippen molar-refractivity contribution in [2.24, 2.45) is 12.0 Å². The number of aromatic nitrogens is 2. The average molecular weight is 562 g/mol. The van der Waals surface area contributed by atoms with E-state index in [9.17, 15) is 0 Å². The molecule has 3 rings (SSSR count). The lowest BCUT2D eigenvalue weighted by Crippen LogP contribution is -2.50. The summed E-state index contributed by atoms with van der Waals surface area (Å²) < 4.78 is 8.86. The third-order valence-corrected chi connectivity index (χ3v) is 5.46. The molecule has 1 atom stereocenters. The molecule has 1 fully saturated rings. The van der Waals surface area contributed by atoms with Crippen LogP contribution in [0.15, 0.2) is 46.1 Å². The number of morpholine rings is 1. The highest BCUT2D eigenvalue weighted by Gasteiger charge is 2.27. The molecule has 1 aliphatic heterocycles. The first-order valence-electron chi connectivity index (χ1n) is 9.21. The van der Waals surface area contributed by atoms with Crippen LogP contribution in [0, 0.1) is 0 Å². The second-order valence-electron chi connectivity index (χ2n) is 7.55. The van der Waals surface area contributed by atoms with Crippen molar-refractivity contribution < 1.29 is 4.74 Å². The number of hydrogen-bond acceptors (Lipinski definition) is 3. The molecule has 1 saturated heterocycles. The predicted octanol–water partition coefficient (Wildman–Crippen LogP) is 3.73. The number of halogens is 2. The normalized spacial score (nSPS) is 18.0. The molecule has 8 heteroatoms. The second kappa shape index (κ2) is 10.1. The Morgan fingerprint density at radius 2 is 2.21 bits per heavy atom. The van der Waals surface area contributed by atoms with Crippen LogP contribution in [0.25, 0.3) is 0 Å². The van der Waals surface area contributed by atoms with Gasteiger partial charge < -0.3 is 15.0 Å². The van der Waals surface area contributed by atoms with E-state index in [-0.39, 0.29) is 35.5 Å². The summed E-state index contributed by atoms with van der Waals surface area (Å²) in [5.41, 5.74) is 2.37. The molecule has 28 heavy (non-hydrogen) atoms. The van der Waals surface area contributed by atoms with E-state index in [1.807, 2.05) is 31.2 Å². The van der Waals surface area contributed by atoms with Crippen LogP contribution in [0.1, 0.15) is 31.1 Å². The van der Waals surface area contributed by atoms with Gasteiger partial charge >= 0.3 is 0 Å². The molecular weight excluding hydrogens is 533 g/mol. The molecule has 6 nitrogen and oxygen atoms in total. The first kappa shape index (κ1) is 23.2. The number of rotatable bonds is 4. The van der Waals surface area contributed by atoms with Crippen molar-refractivity contribution in [2.45, 2.75) is 25.4 Å². The fourth-order valence-corrected chi connectivity index (χ4v) is 3.69. The van der Waals surface area contributed by atoms with Crippen LogP contribution in [-0.4, -0.2) is 53.9 Å². The van der Waals surface area contributed by atoms with Crippen molar-refractivity contribution in [3.05, 3.63) is 52.3 Å². The minimum absolute atomic E-state index is 0. The van der Waals surface area contributed by atoms with Gasteiger partial charge in [-0.15, -0.1) is 24.0 Å². The van der Waals surface area contributed by atoms with E-state index in [0.29, 0.717) is 6.61 Å². The van der Waals surface area contributed by atoms with Gasteiger partial charge in [0.1, 0.15) is 6.10 Å². The average Bonchev–Trinajstić information content (AvgIpc) is 3.09. The Hall–Kier alpha value is -1.13. The third-order valence-electron chi connectivity index (χ3n) is 4.97. The van der Waals surface area contributed by atoms with Crippen LogP contribution in [0.3, 0.4) is 0 Å². The molecular formula is C20H29BrIN5O. The van der Waals surface area contributed by atoms with Gasteiger partial charge in [-0.2, -0.15) is 5.10 Å². The fraction of sp³-hybridized carbons (Fsp3) is 0.500. The van der Waals surface area contributed by atoms with E-state index >= 15 is 0 Å². The Balaban J connectivity index is 0.00000280. The number of ether oxygens (including phenoxy) is 1. The Morgan fingerprint density at radius 1 is 1.43 bits per heavy atom. The first-order valence-corrected chi connectivity index (χ1v) is 10.00. The SMILES string of the molecule is CN=C(NCC(C)(C)c1cccc(Br)c1)N1CCOC(c2cnn(C)c2)C1.I.